The number of carbonyl (C=O) groups excluding carboxylic acids is 1. The van der Waals surface area contributed by atoms with E-state index in [0.717, 1.165) is 31.4 Å². The number of likely N-dealkylation sites (N-methyl/N-ethyl adjacent to an activating group) is 1. The Morgan fingerprint density at radius 2 is 1.95 bits per heavy atom. The van der Waals surface area contributed by atoms with Gasteiger partial charge in [-0.3, -0.25) is 4.79 Å². The SMILES string of the molecule is CN(CC(=O)NC1CCCCCC1CO)c1ccccc1. The lowest BCUT2D eigenvalue weighted by atomic mass is 9.95. The third-order valence-electron chi connectivity index (χ3n) is 4.32. The zero-order valence-electron chi connectivity index (χ0n) is 12.8. The van der Waals surface area contributed by atoms with E-state index in [-0.39, 0.29) is 24.5 Å². The lowest BCUT2D eigenvalue weighted by Gasteiger charge is -2.26. The molecular formula is C17H26N2O2. The summed E-state index contributed by atoms with van der Waals surface area (Å²) in [5.74, 6) is 0.241. The van der Waals surface area contributed by atoms with Crippen molar-refractivity contribution in [2.75, 3.05) is 25.1 Å². The highest BCUT2D eigenvalue weighted by atomic mass is 16.3. The fraction of sp³-hybridized carbons (Fsp3) is 0.588. The van der Waals surface area contributed by atoms with Crippen molar-refractivity contribution in [1.29, 1.82) is 0 Å². The summed E-state index contributed by atoms with van der Waals surface area (Å²) in [7, 11) is 1.92. The van der Waals surface area contributed by atoms with Crippen LogP contribution in [0.25, 0.3) is 0 Å². The predicted molar refractivity (Wildman–Crippen MR) is 85.3 cm³/mol. The predicted octanol–water partition coefficient (Wildman–Crippen LogP) is 2.18. The lowest BCUT2D eigenvalue weighted by Crippen LogP contribution is -2.45. The third-order valence-corrected chi connectivity index (χ3v) is 4.32. The smallest absolute Gasteiger partial charge is 0.239 e. The minimum absolute atomic E-state index is 0.0340. The number of anilines is 1. The minimum Gasteiger partial charge on any atom is -0.396 e. The summed E-state index contributed by atoms with van der Waals surface area (Å²) in [6.07, 6.45) is 5.48. The lowest BCUT2D eigenvalue weighted by molar-refractivity contribution is -0.120. The first-order chi connectivity index (χ1) is 10.2. The molecule has 1 aromatic carbocycles. The summed E-state index contributed by atoms with van der Waals surface area (Å²) in [4.78, 5) is 14.2. The Kier molecular flexibility index (Phi) is 6.05. The monoisotopic (exact) mass is 290 g/mol. The molecule has 21 heavy (non-hydrogen) atoms. The summed E-state index contributed by atoms with van der Waals surface area (Å²) in [6.45, 7) is 0.512. The van der Waals surface area contributed by atoms with Crippen LogP contribution in [0.1, 0.15) is 32.1 Å². The first-order valence-electron chi connectivity index (χ1n) is 7.87. The number of nitrogens with zero attached hydrogens (tertiary/aromatic N) is 1. The van der Waals surface area contributed by atoms with Gasteiger partial charge in [0.1, 0.15) is 0 Å². The highest BCUT2D eigenvalue weighted by molar-refractivity contribution is 5.81. The second-order valence-corrected chi connectivity index (χ2v) is 5.95. The molecule has 116 valence electrons. The summed E-state index contributed by atoms with van der Waals surface area (Å²) < 4.78 is 0. The topological polar surface area (TPSA) is 52.6 Å². The number of amides is 1. The van der Waals surface area contributed by atoms with Crippen LogP contribution in [0.4, 0.5) is 5.69 Å². The fourth-order valence-corrected chi connectivity index (χ4v) is 3.03. The van der Waals surface area contributed by atoms with Gasteiger partial charge in [0.05, 0.1) is 6.54 Å². The van der Waals surface area contributed by atoms with E-state index in [9.17, 15) is 9.90 Å². The summed E-state index contributed by atoms with van der Waals surface area (Å²) in [5, 5.41) is 12.6. The van der Waals surface area contributed by atoms with Crippen LogP contribution in [0.3, 0.4) is 0 Å². The van der Waals surface area contributed by atoms with Crippen molar-refractivity contribution in [3.8, 4) is 0 Å². The molecule has 2 unspecified atom stereocenters. The molecule has 1 aromatic rings. The van der Waals surface area contributed by atoms with Crippen molar-refractivity contribution in [2.24, 2.45) is 5.92 Å². The minimum atomic E-state index is 0.0340. The van der Waals surface area contributed by atoms with Gasteiger partial charge < -0.3 is 15.3 Å². The molecule has 0 spiro atoms. The third kappa shape index (κ3) is 4.74. The van der Waals surface area contributed by atoms with Gasteiger partial charge in [0.2, 0.25) is 5.91 Å². The van der Waals surface area contributed by atoms with Crippen LogP contribution < -0.4 is 10.2 Å². The van der Waals surface area contributed by atoms with Gasteiger partial charge in [-0.25, -0.2) is 0 Å². The second-order valence-electron chi connectivity index (χ2n) is 5.95. The van der Waals surface area contributed by atoms with Crippen LogP contribution >= 0.6 is 0 Å². The van der Waals surface area contributed by atoms with Gasteiger partial charge in [0, 0.05) is 31.3 Å². The quantitative estimate of drug-likeness (QED) is 0.817. The molecule has 0 heterocycles. The van der Waals surface area contributed by atoms with Gasteiger partial charge in [-0.1, -0.05) is 37.5 Å². The van der Waals surface area contributed by atoms with E-state index in [1.54, 1.807) is 0 Å². The highest BCUT2D eigenvalue weighted by Gasteiger charge is 2.24. The number of rotatable bonds is 5. The molecular weight excluding hydrogens is 264 g/mol. The van der Waals surface area contributed by atoms with Gasteiger partial charge in [-0.15, -0.1) is 0 Å². The van der Waals surface area contributed by atoms with Crippen molar-refractivity contribution < 1.29 is 9.90 Å². The van der Waals surface area contributed by atoms with Gasteiger partial charge in [0.15, 0.2) is 0 Å². The number of benzene rings is 1. The first-order valence-corrected chi connectivity index (χ1v) is 7.87. The molecule has 4 nitrogen and oxygen atoms in total. The van der Waals surface area contributed by atoms with E-state index in [1.165, 1.54) is 6.42 Å². The average molecular weight is 290 g/mol. The molecule has 1 aliphatic carbocycles. The molecule has 2 rings (SSSR count). The first kappa shape index (κ1) is 15.8. The summed E-state index contributed by atoms with van der Waals surface area (Å²) in [5.41, 5.74) is 1.03. The van der Waals surface area contributed by atoms with E-state index in [1.807, 2.05) is 42.3 Å². The Labute approximate surface area is 127 Å². The Hall–Kier alpha value is -1.55. The van der Waals surface area contributed by atoms with Gasteiger partial charge in [0.25, 0.3) is 0 Å². The fourth-order valence-electron chi connectivity index (χ4n) is 3.03. The van der Waals surface area contributed by atoms with Crippen LogP contribution in [0.2, 0.25) is 0 Å². The molecule has 0 bridgehead atoms. The standard InChI is InChI=1S/C17H26N2O2/c1-19(15-9-5-3-6-10-15)12-17(21)18-16-11-7-2-4-8-14(16)13-20/h3,5-6,9-10,14,16,20H,2,4,7-8,11-13H2,1H3,(H,18,21). The zero-order chi connectivity index (χ0) is 15.1. The molecule has 4 heteroatoms. The van der Waals surface area contributed by atoms with E-state index in [4.69, 9.17) is 0 Å². The van der Waals surface area contributed by atoms with E-state index in [2.05, 4.69) is 5.32 Å². The maximum Gasteiger partial charge on any atom is 0.239 e. The van der Waals surface area contributed by atoms with Gasteiger partial charge >= 0.3 is 0 Å². The summed E-state index contributed by atoms with van der Waals surface area (Å²) >= 11 is 0. The second kappa shape index (κ2) is 8.03. The van der Waals surface area contributed by atoms with Gasteiger partial charge in [-0.2, -0.15) is 0 Å². The highest BCUT2D eigenvalue weighted by Crippen LogP contribution is 2.23. The molecule has 1 fully saturated rings. The largest absolute Gasteiger partial charge is 0.396 e. The van der Waals surface area contributed by atoms with Crippen molar-refractivity contribution in [3.63, 3.8) is 0 Å². The van der Waals surface area contributed by atoms with Crippen LogP contribution in [-0.2, 0) is 4.79 Å². The molecule has 1 amide bonds. The number of hydrogen-bond donors (Lipinski definition) is 2. The molecule has 0 radical (unpaired) electrons. The van der Waals surface area contributed by atoms with Crippen LogP contribution in [0.15, 0.2) is 30.3 Å². The summed E-state index contributed by atoms with van der Waals surface area (Å²) in [6, 6.07) is 10.0. The van der Waals surface area contributed by atoms with Crippen molar-refractivity contribution in [1.82, 2.24) is 5.32 Å². The Bertz CT molecular complexity index is 436. The number of aliphatic hydroxyl groups excluding tert-OH is 1. The Morgan fingerprint density at radius 3 is 2.67 bits per heavy atom. The normalized spacial score (nSPS) is 22.4. The Morgan fingerprint density at radius 1 is 1.24 bits per heavy atom. The number of para-hydroxylation sites is 1. The van der Waals surface area contributed by atoms with Gasteiger partial charge in [-0.05, 0) is 25.0 Å². The average Bonchev–Trinajstić information content (AvgIpc) is 2.73. The molecule has 0 saturated heterocycles. The molecule has 0 aliphatic heterocycles. The molecule has 1 aliphatic rings. The van der Waals surface area contributed by atoms with Crippen LogP contribution in [-0.4, -0.2) is 37.3 Å². The number of nitrogens with one attached hydrogen (secondary N) is 1. The van der Waals surface area contributed by atoms with Crippen molar-refractivity contribution in [2.45, 2.75) is 38.1 Å². The van der Waals surface area contributed by atoms with Crippen molar-refractivity contribution in [3.05, 3.63) is 30.3 Å². The molecule has 1 saturated carbocycles. The van der Waals surface area contributed by atoms with E-state index in [0.29, 0.717) is 6.54 Å². The van der Waals surface area contributed by atoms with Crippen LogP contribution in [0.5, 0.6) is 0 Å². The zero-order valence-corrected chi connectivity index (χ0v) is 12.8. The van der Waals surface area contributed by atoms with Crippen LogP contribution in [0, 0.1) is 5.92 Å². The molecule has 0 aromatic heterocycles. The number of hydrogen-bond acceptors (Lipinski definition) is 3. The van der Waals surface area contributed by atoms with E-state index >= 15 is 0 Å². The number of carbonyl (C=O) groups is 1. The molecule has 2 N–H and O–H groups in total. The maximum atomic E-state index is 12.2. The Balaban J connectivity index is 1.88. The van der Waals surface area contributed by atoms with Crippen molar-refractivity contribution >= 4 is 11.6 Å². The molecule has 2 atom stereocenters. The maximum absolute atomic E-state index is 12.2. The number of aliphatic hydroxyl groups is 1. The van der Waals surface area contributed by atoms with E-state index < -0.39 is 0 Å².